The van der Waals surface area contributed by atoms with Gasteiger partial charge in [-0.25, -0.2) is 9.78 Å². The Balaban J connectivity index is 3.05. The number of carboxylic acids is 1. The van der Waals surface area contributed by atoms with Crippen molar-refractivity contribution in [1.82, 2.24) is 4.98 Å². The van der Waals surface area contributed by atoms with Crippen molar-refractivity contribution in [1.29, 1.82) is 5.26 Å². The smallest absolute Gasteiger partial charge is 0.339 e. The topological polar surface area (TPSA) is 77.2 Å². The second kappa shape index (κ2) is 5.64. The average Bonchev–Trinajstić information content (AvgIpc) is 2.28. The second-order valence-corrected chi connectivity index (χ2v) is 4.66. The van der Waals surface area contributed by atoms with E-state index in [4.69, 9.17) is 10.4 Å². The maximum atomic E-state index is 11.1. The fraction of sp³-hybridized carbons (Fsp3) is 0.364. The molecule has 0 saturated heterocycles. The quantitative estimate of drug-likeness (QED) is 0.921. The normalized spacial score (nSPS) is 11.6. The van der Waals surface area contributed by atoms with Crippen molar-refractivity contribution >= 4 is 27.7 Å². The van der Waals surface area contributed by atoms with Gasteiger partial charge in [-0.1, -0.05) is 0 Å². The van der Waals surface area contributed by atoms with E-state index in [-0.39, 0.29) is 11.5 Å². The van der Waals surface area contributed by atoms with Gasteiger partial charge in [-0.15, -0.1) is 0 Å². The number of aromatic carboxylic acids is 1. The number of pyridine rings is 1. The lowest BCUT2D eigenvalue weighted by Crippen LogP contribution is -2.26. The number of carboxylic acid groups (broad SMARTS) is 1. The van der Waals surface area contributed by atoms with Crippen LogP contribution in [0.25, 0.3) is 0 Å². The zero-order valence-electron chi connectivity index (χ0n) is 9.51. The van der Waals surface area contributed by atoms with Crippen molar-refractivity contribution in [2.24, 2.45) is 5.92 Å². The molecule has 0 aliphatic rings. The van der Waals surface area contributed by atoms with Gasteiger partial charge in [0.2, 0.25) is 0 Å². The van der Waals surface area contributed by atoms with Crippen molar-refractivity contribution in [3.05, 3.63) is 22.3 Å². The molecule has 5 nitrogen and oxygen atoms in total. The molecule has 0 bridgehead atoms. The summed E-state index contributed by atoms with van der Waals surface area (Å²) in [5, 5.41) is 17.8. The largest absolute Gasteiger partial charge is 0.478 e. The number of hydrogen-bond acceptors (Lipinski definition) is 4. The maximum Gasteiger partial charge on any atom is 0.339 e. The lowest BCUT2D eigenvalue weighted by atomic mass is 10.2. The van der Waals surface area contributed by atoms with Crippen LogP contribution in [-0.4, -0.2) is 29.7 Å². The molecule has 1 heterocycles. The Morgan fingerprint density at radius 1 is 1.76 bits per heavy atom. The minimum Gasteiger partial charge on any atom is -0.478 e. The predicted molar refractivity (Wildman–Crippen MR) is 66.9 cm³/mol. The lowest BCUT2D eigenvalue weighted by molar-refractivity contribution is 0.0697. The van der Waals surface area contributed by atoms with E-state index in [1.807, 2.05) is 0 Å². The van der Waals surface area contributed by atoms with Gasteiger partial charge < -0.3 is 10.0 Å². The first-order valence-corrected chi connectivity index (χ1v) is 5.74. The third-order valence-corrected chi connectivity index (χ3v) is 2.63. The van der Waals surface area contributed by atoms with E-state index in [0.717, 1.165) is 0 Å². The molecule has 1 N–H and O–H groups in total. The van der Waals surface area contributed by atoms with Gasteiger partial charge in [0.05, 0.1) is 12.0 Å². The summed E-state index contributed by atoms with van der Waals surface area (Å²) in [5.41, 5.74) is 0.118. The minimum atomic E-state index is -1.04. The summed E-state index contributed by atoms with van der Waals surface area (Å²) in [4.78, 5) is 16.8. The molecule has 1 atom stereocenters. The van der Waals surface area contributed by atoms with E-state index in [1.165, 1.54) is 12.3 Å². The molecule has 6 heteroatoms. The van der Waals surface area contributed by atoms with E-state index in [9.17, 15) is 4.79 Å². The third kappa shape index (κ3) is 3.43. The fourth-order valence-electron chi connectivity index (χ4n) is 1.43. The van der Waals surface area contributed by atoms with E-state index in [2.05, 4.69) is 27.0 Å². The highest BCUT2D eigenvalue weighted by atomic mass is 79.9. The van der Waals surface area contributed by atoms with Crippen molar-refractivity contribution in [2.75, 3.05) is 18.5 Å². The molecular weight excluding hydrogens is 286 g/mol. The van der Waals surface area contributed by atoms with Crippen LogP contribution in [0.3, 0.4) is 0 Å². The van der Waals surface area contributed by atoms with Gasteiger partial charge in [0.15, 0.2) is 0 Å². The Morgan fingerprint density at radius 3 is 2.94 bits per heavy atom. The zero-order valence-corrected chi connectivity index (χ0v) is 11.1. The van der Waals surface area contributed by atoms with Gasteiger partial charge in [-0.05, 0) is 28.9 Å². The number of carbonyl (C=O) groups is 1. The molecule has 0 aromatic carbocycles. The molecule has 0 radical (unpaired) electrons. The summed E-state index contributed by atoms with van der Waals surface area (Å²) in [7, 11) is 1.72. The number of hydrogen-bond donors (Lipinski definition) is 1. The summed E-state index contributed by atoms with van der Waals surface area (Å²) in [6, 6.07) is 3.60. The monoisotopic (exact) mass is 297 g/mol. The van der Waals surface area contributed by atoms with Gasteiger partial charge in [0.1, 0.15) is 11.4 Å². The number of nitrogens with zero attached hydrogens (tertiary/aromatic N) is 3. The zero-order chi connectivity index (χ0) is 13.0. The Bertz CT molecular complexity index is 470. The van der Waals surface area contributed by atoms with Gasteiger partial charge >= 0.3 is 5.97 Å². The molecule has 1 aromatic heterocycles. The molecule has 0 amide bonds. The molecule has 0 spiro atoms. The van der Waals surface area contributed by atoms with Crippen LogP contribution in [0.1, 0.15) is 17.3 Å². The van der Waals surface area contributed by atoms with Crippen LogP contribution in [-0.2, 0) is 0 Å². The summed E-state index contributed by atoms with van der Waals surface area (Å²) < 4.78 is 0.611. The first-order valence-electron chi connectivity index (χ1n) is 4.95. The number of halogens is 1. The van der Waals surface area contributed by atoms with Crippen LogP contribution in [0.2, 0.25) is 0 Å². The highest BCUT2D eigenvalue weighted by Crippen LogP contribution is 2.21. The van der Waals surface area contributed by atoms with Gasteiger partial charge in [-0.2, -0.15) is 5.26 Å². The van der Waals surface area contributed by atoms with Crippen LogP contribution < -0.4 is 4.90 Å². The molecule has 0 fully saturated rings. The molecular formula is C11H12BrN3O2. The Kier molecular flexibility index (Phi) is 4.46. The van der Waals surface area contributed by atoms with Crippen LogP contribution in [0.15, 0.2) is 16.7 Å². The summed E-state index contributed by atoms with van der Waals surface area (Å²) in [6.45, 7) is 2.21. The van der Waals surface area contributed by atoms with Gasteiger partial charge in [0.25, 0.3) is 0 Å². The minimum absolute atomic E-state index is 0.118. The predicted octanol–water partition coefficient (Wildman–Crippen LogP) is 2.14. The Labute approximate surface area is 108 Å². The molecule has 1 unspecified atom stereocenters. The van der Waals surface area contributed by atoms with Crippen LogP contribution in [0, 0.1) is 17.2 Å². The van der Waals surface area contributed by atoms with Crippen LogP contribution >= 0.6 is 15.9 Å². The number of rotatable bonds is 4. The van der Waals surface area contributed by atoms with Crippen LogP contribution in [0.5, 0.6) is 0 Å². The standard InChI is InChI=1S/C11H12BrN3O2/c1-7(4-13)6-15(2)10-9(11(16)17)3-8(12)5-14-10/h3,5,7H,6H2,1-2H3,(H,16,17). The second-order valence-electron chi connectivity index (χ2n) is 3.74. The number of aromatic nitrogens is 1. The molecule has 1 aromatic rings. The van der Waals surface area contributed by atoms with E-state index in [1.54, 1.807) is 18.9 Å². The third-order valence-electron chi connectivity index (χ3n) is 2.19. The number of anilines is 1. The van der Waals surface area contributed by atoms with Crippen molar-refractivity contribution in [3.63, 3.8) is 0 Å². The van der Waals surface area contributed by atoms with Crippen molar-refractivity contribution < 1.29 is 9.90 Å². The average molecular weight is 298 g/mol. The Morgan fingerprint density at radius 2 is 2.41 bits per heavy atom. The highest BCUT2D eigenvalue weighted by Gasteiger charge is 2.17. The molecule has 0 aliphatic carbocycles. The number of nitriles is 1. The van der Waals surface area contributed by atoms with Crippen molar-refractivity contribution in [2.45, 2.75) is 6.92 Å². The maximum absolute atomic E-state index is 11.1. The summed E-state index contributed by atoms with van der Waals surface area (Å²) >= 11 is 3.18. The molecule has 90 valence electrons. The molecule has 17 heavy (non-hydrogen) atoms. The summed E-state index contributed by atoms with van der Waals surface area (Å²) in [5.74, 6) is -0.861. The lowest BCUT2D eigenvalue weighted by Gasteiger charge is -2.20. The molecule has 0 aliphatic heterocycles. The van der Waals surface area contributed by atoms with E-state index in [0.29, 0.717) is 16.8 Å². The molecule has 1 rings (SSSR count). The van der Waals surface area contributed by atoms with Crippen LogP contribution in [0.4, 0.5) is 5.82 Å². The van der Waals surface area contributed by atoms with Crippen molar-refractivity contribution in [3.8, 4) is 6.07 Å². The molecule has 0 saturated carbocycles. The SMILES string of the molecule is CC(C#N)CN(C)c1ncc(Br)cc1C(=O)O. The Hall–Kier alpha value is -1.61. The van der Waals surface area contributed by atoms with Gasteiger partial charge in [-0.3, -0.25) is 0 Å². The highest BCUT2D eigenvalue weighted by molar-refractivity contribution is 9.10. The first-order chi connectivity index (χ1) is 7.95. The summed E-state index contributed by atoms with van der Waals surface area (Å²) in [6.07, 6.45) is 1.54. The fourth-order valence-corrected chi connectivity index (χ4v) is 1.76. The van der Waals surface area contributed by atoms with Gasteiger partial charge in [0, 0.05) is 24.3 Å². The van der Waals surface area contributed by atoms with E-state index < -0.39 is 5.97 Å². The van der Waals surface area contributed by atoms with E-state index >= 15 is 0 Å². The first kappa shape index (κ1) is 13.5.